The summed E-state index contributed by atoms with van der Waals surface area (Å²) in [7, 11) is 1.94. The molecule has 0 aliphatic carbocycles. The van der Waals surface area contributed by atoms with E-state index in [0.717, 1.165) is 32.5 Å². The van der Waals surface area contributed by atoms with Crippen LogP contribution in [0.25, 0.3) is 0 Å². The van der Waals surface area contributed by atoms with Crippen LogP contribution in [0.1, 0.15) is 18.4 Å². The van der Waals surface area contributed by atoms with Crippen molar-refractivity contribution in [2.45, 2.75) is 24.6 Å². The van der Waals surface area contributed by atoms with Crippen LogP contribution in [-0.2, 0) is 18.2 Å². The van der Waals surface area contributed by atoms with Gasteiger partial charge >= 0.3 is 0 Å². The molecule has 1 fully saturated rings. The molecule has 4 heteroatoms. The van der Waals surface area contributed by atoms with Gasteiger partial charge in [0.1, 0.15) is 0 Å². The van der Waals surface area contributed by atoms with E-state index in [4.69, 9.17) is 16.3 Å². The topological polar surface area (TPSA) is 27.1 Å². The molecule has 0 N–H and O–H groups in total. The van der Waals surface area contributed by atoms with Crippen LogP contribution in [0, 0.1) is 5.92 Å². The summed E-state index contributed by atoms with van der Waals surface area (Å²) in [5, 5.41) is 4.44. The van der Waals surface area contributed by atoms with Gasteiger partial charge in [-0.15, -0.1) is 11.6 Å². The van der Waals surface area contributed by atoms with Crippen molar-refractivity contribution in [1.29, 1.82) is 0 Å². The molecule has 1 aliphatic heterocycles. The maximum atomic E-state index is 6.25. The van der Waals surface area contributed by atoms with Gasteiger partial charge in [-0.25, -0.2) is 0 Å². The van der Waals surface area contributed by atoms with Crippen LogP contribution >= 0.6 is 11.6 Å². The van der Waals surface area contributed by atoms with Crippen molar-refractivity contribution >= 4 is 11.6 Å². The van der Waals surface area contributed by atoms with Crippen LogP contribution in [0.4, 0.5) is 0 Å². The van der Waals surface area contributed by atoms with Gasteiger partial charge in [0, 0.05) is 25.2 Å². The lowest BCUT2D eigenvalue weighted by Crippen LogP contribution is -2.28. The van der Waals surface area contributed by atoms with Gasteiger partial charge in [-0.2, -0.15) is 5.10 Å². The molecule has 0 bridgehead atoms. The van der Waals surface area contributed by atoms with Gasteiger partial charge in [-0.05, 0) is 30.7 Å². The Kier molecular flexibility index (Phi) is 3.65. The van der Waals surface area contributed by atoms with Crippen molar-refractivity contribution in [3.8, 4) is 0 Å². The van der Waals surface area contributed by atoms with Crippen LogP contribution in [0.5, 0.6) is 0 Å². The van der Waals surface area contributed by atoms with E-state index in [1.807, 2.05) is 17.9 Å². The Morgan fingerprint density at radius 1 is 1.67 bits per heavy atom. The zero-order valence-electron chi connectivity index (χ0n) is 9.03. The number of ether oxygens (including phenoxy) is 1. The number of aryl methyl sites for hydroxylation is 2. The molecule has 2 unspecified atom stereocenters. The van der Waals surface area contributed by atoms with Crippen LogP contribution < -0.4 is 0 Å². The number of hydrogen-bond acceptors (Lipinski definition) is 2. The Labute approximate surface area is 95.4 Å². The summed E-state index contributed by atoms with van der Waals surface area (Å²) < 4.78 is 7.28. The fourth-order valence-corrected chi connectivity index (χ4v) is 2.28. The summed E-state index contributed by atoms with van der Waals surface area (Å²) in [6, 6.07) is 0. The van der Waals surface area contributed by atoms with Crippen LogP contribution in [-0.4, -0.2) is 28.4 Å². The lowest BCUT2D eigenvalue weighted by Gasteiger charge is -2.26. The largest absolute Gasteiger partial charge is 0.381 e. The van der Waals surface area contributed by atoms with Crippen LogP contribution in [0.3, 0.4) is 0 Å². The highest BCUT2D eigenvalue weighted by Crippen LogP contribution is 2.24. The van der Waals surface area contributed by atoms with Crippen molar-refractivity contribution in [2.75, 3.05) is 13.2 Å². The van der Waals surface area contributed by atoms with E-state index >= 15 is 0 Å². The third kappa shape index (κ3) is 2.95. The number of rotatable bonds is 3. The summed E-state index contributed by atoms with van der Waals surface area (Å²) in [5.74, 6) is 0.501. The average molecular weight is 229 g/mol. The molecular formula is C11H17ClN2O. The van der Waals surface area contributed by atoms with Crippen molar-refractivity contribution < 1.29 is 4.74 Å². The number of hydrogen-bond donors (Lipinski definition) is 0. The molecule has 0 amide bonds. The maximum Gasteiger partial charge on any atom is 0.0521 e. The molecule has 1 aromatic heterocycles. The quantitative estimate of drug-likeness (QED) is 0.740. The Hall–Kier alpha value is -0.540. The van der Waals surface area contributed by atoms with Gasteiger partial charge in [-0.3, -0.25) is 4.68 Å². The molecule has 0 radical (unpaired) electrons. The second-order valence-corrected chi connectivity index (χ2v) is 4.76. The van der Waals surface area contributed by atoms with Crippen molar-refractivity contribution in [2.24, 2.45) is 13.0 Å². The number of aromatic nitrogens is 2. The average Bonchev–Trinajstić information content (AvgIpc) is 2.63. The molecule has 1 aromatic rings. The van der Waals surface area contributed by atoms with Crippen molar-refractivity contribution in [3.05, 3.63) is 18.0 Å². The minimum absolute atomic E-state index is 0.287. The first kappa shape index (κ1) is 11.0. The van der Waals surface area contributed by atoms with E-state index in [1.165, 1.54) is 5.56 Å². The van der Waals surface area contributed by atoms with Crippen molar-refractivity contribution in [1.82, 2.24) is 9.78 Å². The molecule has 0 saturated carbocycles. The van der Waals surface area contributed by atoms with E-state index in [2.05, 4.69) is 11.3 Å². The highest BCUT2D eigenvalue weighted by Gasteiger charge is 2.23. The zero-order valence-corrected chi connectivity index (χ0v) is 9.78. The van der Waals surface area contributed by atoms with Crippen molar-refractivity contribution in [3.63, 3.8) is 0 Å². The number of halogens is 1. The standard InChI is InChI=1S/C11H17ClN2O/c1-14-7-9(6-13-14)2-3-10-8-15-5-4-11(10)12/h6-7,10-11H,2-5,8H2,1H3. The Balaban J connectivity index is 1.81. The first-order valence-corrected chi connectivity index (χ1v) is 5.88. The summed E-state index contributed by atoms with van der Waals surface area (Å²) in [5.41, 5.74) is 1.28. The second-order valence-electron chi connectivity index (χ2n) is 4.20. The normalized spacial score (nSPS) is 26.8. The first-order valence-electron chi connectivity index (χ1n) is 5.45. The molecule has 84 valence electrons. The second kappa shape index (κ2) is 4.99. The molecule has 2 rings (SSSR count). The van der Waals surface area contributed by atoms with Gasteiger partial charge in [0.05, 0.1) is 12.8 Å². The lowest BCUT2D eigenvalue weighted by atomic mass is 9.95. The molecule has 1 saturated heterocycles. The molecule has 0 spiro atoms. The third-order valence-corrected chi connectivity index (χ3v) is 3.52. The Bertz CT molecular complexity index is 313. The minimum atomic E-state index is 0.287. The first-order chi connectivity index (χ1) is 7.25. The predicted octanol–water partition coefficient (Wildman–Crippen LogP) is 2.00. The summed E-state index contributed by atoms with van der Waals surface area (Å²) >= 11 is 6.25. The van der Waals surface area contributed by atoms with Gasteiger partial charge in [0.2, 0.25) is 0 Å². The fourth-order valence-electron chi connectivity index (χ4n) is 1.99. The highest BCUT2D eigenvalue weighted by molar-refractivity contribution is 6.20. The highest BCUT2D eigenvalue weighted by atomic mass is 35.5. The van der Waals surface area contributed by atoms with Crippen LogP contribution in [0.15, 0.2) is 12.4 Å². The van der Waals surface area contributed by atoms with E-state index < -0.39 is 0 Å². The van der Waals surface area contributed by atoms with E-state index in [0.29, 0.717) is 5.92 Å². The minimum Gasteiger partial charge on any atom is -0.381 e. The Morgan fingerprint density at radius 2 is 2.53 bits per heavy atom. The maximum absolute atomic E-state index is 6.25. The van der Waals surface area contributed by atoms with Crippen LogP contribution in [0.2, 0.25) is 0 Å². The summed E-state index contributed by atoms with van der Waals surface area (Å²) in [4.78, 5) is 0. The molecule has 2 atom stereocenters. The summed E-state index contributed by atoms with van der Waals surface area (Å²) in [6.45, 7) is 1.63. The number of nitrogens with zero attached hydrogens (tertiary/aromatic N) is 2. The molecular weight excluding hydrogens is 212 g/mol. The van der Waals surface area contributed by atoms with Gasteiger partial charge < -0.3 is 4.74 Å². The lowest BCUT2D eigenvalue weighted by molar-refractivity contribution is 0.0546. The third-order valence-electron chi connectivity index (χ3n) is 2.94. The van der Waals surface area contributed by atoms with E-state index in [9.17, 15) is 0 Å². The monoisotopic (exact) mass is 228 g/mol. The fraction of sp³-hybridized carbons (Fsp3) is 0.727. The van der Waals surface area contributed by atoms with E-state index in [-0.39, 0.29) is 5.38 Å². The van der Waals surface area contributed by atoms with Gasteiger partial charge in [0.15, 0.2) is 0 Å². The molecule has 15 heavy (non-hydrogen) atoms. The number of alkyl halides is 1. The Morgan fingerprint density at radius 3 is 3.20 bits per heavy atom. The van der Waals surface area contributed by atoms with Gasteiger partial charge in [0.25, 0.3) is 0 Å². The zero-order chi connectivity index (χ0) is 10.7. The molecule has 3 nitrogen and oxygen atoms in total. The predicted molar refractivity (Wildman–Crippen MR) is 60.1 cm³/mol. The van der Waals surface area contributed by atoms with Gasteiger partial charge in [-0.1, -0.05) is 0 Å². The molecule has 2 heterocycles. The van der Waals surface area contributed by atoms with E-state index in [1.54, 1.807) is 0 Å². The molecule has 1 aliphatic rings. The molecule has 0 aromatic carbocycles. The smallest absolute Gasteiger partial charge is 0.0521 e. The SMILES string of the molecule is Cn1cc(CCC2COCCC2Cl)cn1. The summed E-state index contributed by atoms with van der Waals surface area (Å²) in [6.07, 6.45) is 7.12.